The molecular formula is C17H21NOS. The molecule has 0 aliphatic heterocycles. The van der Waals surface area contributed by atoms with Gasteiger partial charge in [0.1, 0.15) is 6.29 Å². The number of carbonyl (C=O) groups is 1. The Morgan fingerprint density at radius 1 is 1.15 bits per heavy atom. The van der Waals surface area contributed by atoms with E-state index in [4.69, 9.17) is 0 Å². The molecule has 4 saturated carbocycles. The maximum absolute atomic E-state index is 11.8. The van der Waals surface area contributed by atoms with Gasteiger partial charge in [0, 0.05) is 6.20 Å². The van der Waals surface area contributed by atoms with E-state index in [-0.39, 0.29) is 10.7 Å². The highest BCUT2D eigenvalue weighted by Crippen LogP contribution is 2.63. The molecule has 3 heteroatoms. The zero-order valence-corrected chi connectivity index (χ0v) is 12.5. The second-order valence-electron chi connectivity index (χ2n) is 7.12. The maximum atomic E-state index is 11.8. The summed E-state index contributed by atoms with van der Waals surface area (Å²) in [6.07, 6.45) is 11.2. The number of thioether (sulfide) groups is 1. The zero-order chi connectivity index (χ0) is 13.6. The summed E-state index contributed by atoms with van der Waals surface area (Å²) in [5, 5.41) is 1.10. The number of aromatic nitrogens is 1. The van der Waals surface area contributed by atoms with Gasteiger partial charge >= 0.3 is 0 Å². The van der Waals surface area contributed by atoms with Gasteiger partial charge in [0.25, 0.3) is 0 Å². The first-order valence-corrected chi connectivity index (χ1v) is 8.68. The van der Waals surface area contributed by atoms with E-state index in [9.17, 15) is 4.79 Å². The van der Waals surface area contributed by atoms with Crippen molar-refractivity contribution >= 4 is 18.0 Å². The van der Waals surface area contributed by atoms with E-state index >= 15 is 0 Å². The van der Waals surface area contributed by atoms with Gasteiger partial charge in [-0.25, -0.2) is 4.98 Å². The molecule has 20 heavy (non-hydrogen) atoms. The topological polar surface area (TPSA) is 30.0 Å². The average molecular weight is 287 g/mol. The molecule has 5 rings (SSSR count). The number of aldehydes is 1. The van der Waals surface area contributed by atoms with Gasteiger partial charge in [-0.05, 0) is 73.8 Å². The smallest absolute Gasteiger partial charge is 0.133 e. The highest BCUT2D eigenvalue weighted by atomic mass is 32.2. The third-order valence-electron chi connectivity index (χ3n) is 5.70. The fraction of sp³-hybridized carbons (Fsp3) is 0.647. The number of pyridine rings is 1. The van der Waals surface area contributed by atoms with E-state index in [2.05, 4.69) is 4.98 Å². The number of nitrogens with zero attached hydrogens (tertiary/aromatic N) is 1. The second-order valence-corrected chi connectivity index (χ2v) is 8.28. The molecule has 0 N–H and O–H groups in total. The molecule has 4 fully saturated rings. The molecule has 4 bridgehead atoms. The highest BCUT2D eigenvalue weighted by molar-refractivity contribution is 8.00. The summed E-state index contributed by atoms with van der Waals surface area (Å²) in [5.41, 5.74) is 0.276. The number of carbonyl (C=O) groups excluding carboxylic acids is 1. The van der Waals surface area contributed by atoms with Crippen LogP contribution in [0, 0.1) is 23.2 Å². The van der Waals surface area contributed by atoms with E-state index in [1.54, 1.807) is 11.8 Å². The molecule has 0 amide bonds. The molecule has 0 saturated heterocycles. The van der Waals surface area contributed by atoms with Gasteiger partial charge in [0.05, 0.1) is 10.3 Å². The van der Waals surface area contributed by atoms with Gasteiger partial charge in [-0.15, -0.1) is 0 Å². The van der Waals surface area contributed by atoms with Crippen molar-refractivity contribution in [3.63, 3.8) is 0 Å². The Morgan fingerprint density at radius 3 is 2.30 bits per heavy atom. The van der Waals surface area contributed by atoms with Crippen LogP contribution in [0.5, 0.6) is 0 Å². The summed E-state index contributed by atoms with van der Waals surface area (Å²) in [4.78, 5) is 16.2. The molecule has 0 aromatic carbocycles. The second kappa shape index (κ2) is 4.87. The molecule has 0 spiro atoms. The Hall–Kier alpha value is -0.830. The first kappa shape index (κ1) is 12.9. The third-order valence-corrected chi connectivity index (χ3v) is 7.05. The van der Waals surface area contributed by atoms with E-state index < -0.39 is 0 Å². The van der Waals surface area contributed by atoms with Crippen molar-refractivity contribution in [3.05, 3.63) is 24.4 Å². The average Bonchev–Trinajstić information content (AvgIpc) is 2.44. The Bertz CT molecular complexity index is 466. The molecule has 1 aromatic rings. The number of rotatable bonds is 4. The van der Waals surface area contributed by atoms with Crippen molar-refractivity contribution in [2.24, 2.45) is 23.2 Å². The van der Waals surface area contributed by atoms with Crippen LogP contribution in [0.1, 0.15) is 38.5 Å². The highest BCUT2D eigenvalue weighted by Gasteiger charge is 2.54. The minimum atomic E-state index is 0.103. The molecule has 4 aliphatic carbocycles. The van der Waals surface area contributed by atoms with Crippen LogP contribution in [0.4, 0.5) is 0 Å². The molecule has 0 radical (unpaired) electrons. The molecule has 4 aliphatic rings. The molecule has 2 nitrogen and oxygen atoms in total. The standard InChI is InChI=1S/C17H21NOS/c19-11-15(20-16-3-1-2-4-18-16)17-8-12-5-13(9-17)7-14(6-12)10-17/h1-4,11-15H,5-10H2. The minimum Gasteiger partial charge on any atom is -0.302 e. The summed E-state index contributed by atoms with van der Waals surface area (Å²) >= 11 is 1.70. The molecular weight excluding hydrogens is 266 g/mol. The van der Waals surface area contributed by atoms with Crippen LogP contribution in [0.3, 0.4) is 0 Å². The summed E-state index contributed by atoms with van der Waals surface area (Å²) in [5.74, 6) is 2.69. The van der Waals surface area contributed by atoms with E-state index in [1.165, 1.54) is 44.8 Å². The van der Waals surface area contributed by atoms with Crippen LogP contribution < -0.4 is 0 Å². The third kappa shape index (κ3) is 2.11. The van der Waals surface area contributed by atoms with E-state index in [0.29, 0.717) is 0 Å². The van der Waals surface area contributed by atoms with Gasteiger partial charge in [0.15, 0.2) is 0 Å². The van der Waals surface area contributed by atoms with Crippen molar-refractivity contribution in [2.45, 2.75) is 48.8 Å². The lowest BCUT2D eigenvalue weighted by atomic mass is 9.49. The Labute approximate surface area is 124 Å². The lowest BCUT2D eigenvalue weighted by Gasteiger charge is -2.58. The fourth-order valence-corrected chi connectivity index (χ4v) is 6.50. The summed E-state index contributed by atoms with van der Waals surface area (Å²) in [7, 11) is 0. The quantitative estimate of drug-likeness (QED) is 0.620. The minimum absolute atomic E-state index is 0.103. The van der Waals surface area contributed by atoms with Crippen LogP contribution in [0.2, 0.25) is 0 Å². The van der Waals surface area contributed by atoms with Crippen LogP contribution in [0.15, 0.2) is 29.4 Å². The molecule has 1 aromatic heterocycles. The van der Waals surface area contributed by atoms with Crippen molar-refractivity contribution in [1.82, 2.24) is 4.98 Å². The lowest BCUT2D eigenvalue weighted by Crippen LogP contribution is -2.51. The van der Waals surface area contributed by atoms with E-state index in [0.717, 1.165) is 22.8 Å². The first-order valence-electron chi connectivity index (χ1n) is 7.80. The Kier molecular flexibility index (Phi) is 3.13. The van der Waals surface area contributed by atoms with E-state index in [1.807, 2.05) is 24.4 Å². The Morgan fingerprint density at radius 2 is 1.80 bits per heavy atom. The predicted octanol–water partition coefficient (Wildman–Crippen LogP) is 3.96. The predicted molar refractivity (Wildman–Crippen MR) is 80.6 cm³/mol. The molecule has 1 unspecified atom stereocenters. The number of hydrogen-bond acceptors (Lipinski definition) is 3. The van der Waals surface area contributed by atoms with Gasteiger partial charge in [0.2, 0.25) is 0 Å². The van der Waals surface area contributed by atoms with Crippen molar-refractivity contribution < 1.29 is 4.79 Å². The zero-order valence-electron chi connectivity index (χ0n) is 11.7. The summed E-state index contributed by atoms with van der Waals surface area (Å²) < 4.78 is 0. The summed E-state index contributed by atoms with van der Waals surface area (Å²) in [6.45, 7) is 0. The first-order chi connectivity index (χ1) is 9.77. The monoisotopic (exact) mass is 287 g/mol. The van der Waals surface area contributed by atoms with Gasteiger partial charge < -0.3 is 4.79 Å². The normalized spacial score (nSPS) is 39.7. The van der Waals surface area contributed by atoms with Crippen molar-refractivity contribution in [2.75, 3.05) is 0 Å². The van der Waals surface area contributed by atoms with Crippen molar-refractivity contribution in [1.29, 1.82) is 0 Å². The lowest BCUT2D eigenvalue weighted by molar-refractivity contribution is -0.114. The fourth-order valence-electron chi connectivity index (χ4n) is 5.37. The maximum Gasteiger partial charge on any atom is 0.133 e. The van der Waals surface area contributed by atoms with Crippen LogP contribution >= 0.6 is 11.8 Å². The Balaban J connectivity index is 1.59. The van der Waals surface area contributed by atoms with Crippen LogP contribution in [-0.2, 0) is 4.79 Å². The molecule has 1 heterocycles. The van der Waals surface area contributed by atoms with Gasteiger partial charge in [-0.3, -0.25) is 0 Å². The largest absolute Gasteiger partial charge is 0.302 e. The van der Waals surface area contributed by atoms with Crippen LogP contribution in [0.25, 0.3) is 0 Å². The van der Waals surface area contributed by atoms with Gasteiger partial charge in [-0.2, -0.15) is 0 Å². The number of hydrogen-bond donors (Lipinski definition) is 0. The van der Waals surface area contributed by atoms with Crippen LogP contribution in [-0.4, -0.2) is 16.5 Å². The van der Waals surface area contributed by atoms with Gasteiger partial charge in [-0.1, -0.05) is 17.8 Å². The molecule has 106 valence electrons. The van der Waals surface area contributed by atoms with Crippen molar-refractivity contribution in [3.8, 4) is 0 Å². The molecule has 1 atom stereocenters. The summed E-state index contributed by atoms with van der Waals surface area (Å²) in [6, 6.07) is 5.98. The SMILES string of the molecule is O=CC(Sc1ccccn1)C12CC3CC(CC(C3)C1)C2.